The summed E-state index contributed by atoms with van der Waals surface area (Å²) in [6.45, 7) is 3.24. The number of hydrogen-bond donors (Lipinski definition) is 1. The number of nitrogens with zero attached hydrogens (tertiary/aromatic N) is 2. The molecule has 1 aromatic heterocycles. The van der Waals surface area contributed by atoms with Crippen molar-refractivity contribution in [2.45, 2.75) is 44.6 Å². The highest BCUT2D eigenvalue weighted by molar-refractivity contribution is 5.90. The largest absolute Gasteiger partial charge is 0.490 e. The predicted molar refractivity (Wildman–Crippen MR) is 93.9 cm³/mol. The SMILES string of the molecule is Cc1noc(C2CC2)c1NC(=O)N1CCC(Oc2ccccc2)CC1. The minimum atomic E-state index is -0.0774. The highest BCUT2D eigenvalue weighted by Crippen LogP contribution is 2.44. The summed E-state index contributed by atoms with van der Waals surface area (Å²) >= 11 is 0. The Morgan fingerprint density at radius 2 is 1.92 bits per heavy atom. The summed E-state index contributed by atoms with van der Waals surface area (Å²) in [5, 5.41) is 7.01. The number of urea groups is 1. The quantitative estimate of drug-likeness (QED) is 0.915. The van der Waals surface area contributed by atoms with Gasteiger partial charge in [0.05, 0.1) is 0 Å². The molecule has 25 heavy (non-hydrogen) atoms. The second kappa shape index (κ2) is 6.78. The van der Waals surface area contributed by atoms with E-state index in [0.717, 1.165) is 48.6 Å². The summed E-state index contributed by atoms with van der Waals surface area (Å²) < 4.78 is 11.4. The average molecular weight is 341 g/mol. The monoisotopic (exact) mass is 341 g/mol. The number of piperidine rings is 1. The Labute approximate surface area is 147 Å². The van der Waals surface area contributed by atoms with Gasteiger partial charge in [-0.25, -0.2) is 4.79 Å². The Balaban J connectivity index is 1.32. The van der Waals surface area contributed by atoms with E-state index in [1.54, 1.807) is 0 Å². The van der Waals surface area contributed by atoms with Crippen molar-refractivity contribution in [3.05, 3.63) is 41.8 Å². The molecule has 0 spiro atoms. The molecule has 1 aliphatic heterocycles. The van der Waals surface area contributed by atoms with Gasteiger partial charge in [0.15, 0.2) is 5.76 Å². The van der Waals surface area contributed by atoms with Crippen molar-refractivity contribution in [3.63, 3.8) is 0 Å². The van der Waals surface area contributed by atoms with Gasteiger partial charge in [0, 0.05) is 31.8 Å². The van der Waals surface area contributed by atoms with Crippen molar-refractivity contribution >= 4 is 11.7 Å². The van der Waals surface area contributed by atoms with Gasteiger partial charge in [0.1, 0.15) is 23.2 Å². The van der Waals surface area contributed by atoms with Gasteiger partial charge >= 0.3 is 6.03 Å². The van der Waals surface area contributed by atoms with Gasteiger partial charge < -0.3 is 19.5 Å². The van der Waals surface area contributed by atoms with Crippen molar-refractivity contribution in [1.82, 2.24) is 10.1 Å². The molecule has 6 heteroatoms. The van der Waals surface area contributed by atoms with Crippen molar-refractivity contribution in [2.75, 3.05) is 18.4 Å². The Morgan fingerprint density at radius 3 is 2.60 bits per heavy atom. The van der Waals surface area contributed by atoms with E-state index in [0.29, 0.717) is 19.0 Å². The lowest BCUT2D eigenvalue weighted by molar-refractivity contribution is 0.115. The van der Waals surface area contributed by atoms with E-state index in [2.05, 4.69) is 10.5 Å². The van der Waals surface area contributed by atoms with Crippen LogP contribution in [0.25, 0.3) is 0 Å². The van der Waals surface area contributed by atoms with Crippen molar-refractivity contribution in [2.24, 2.45) is 0 Å². The zero-order valence-electron chi connectivity index (χ0n) is 14.4. The maximum Gasteiger partial charge on any atom is 0.321 e. The lowest BCUT2D eigenvalue weighted by Gasteiger charge is -2.32. The first kappa shape index (κ1) is 16.0. The molecule has 2 fully saturated rings. The van der Waals surface area contributed by atoms with Gasteiger partial charge in [-0.1, -0.05) is 23.4 Å². The van der Waals surface area contributed by atoms with Crippen LogP contribution in [0, 0.1) is 6.92 Å². The molecule has 0 radical (unpaired) electrons. The maximum absolute atomic E-state index is 12.6. The topological polar surface area (TPSA) is 67.6 Å². The summed E-state index contributed by atoms with van der Waals surface area (Å²) in [5.74, 6) is 2.13. The van der Waals surface area contributed by atoms with Gasteiger partial charge in [-0.05, 0) is 31.9 Å². The number of rotatable bonds is 4. The number of anilines is 1. The smallest absolute Gasteiger partial charge is 0.321 e. The first-order valence-electron chi connectivity index (χ1n) is 8.94. The molecule has 0 atom stereocenters. The van der Waals surface area contributed by atoms with Crippen molar-refractivity contribution in [3.8, 4) is 5.75 Å². The number of carbonyl (C=O) groups excluding carboxylic acids is 1. The van der Waals surface area contributed by atoms with Gasteiger partial charge in [-0.2, -0.15) is 0 Å². The average Bonchev–Trinajstić information content (AvgIpc) is 3.41. The molecule has 2 amide bonds. The molecule has 132 valence electrons. The molecule has 1 saturated carbocycles. The van der Waals surface area contributed by atoms with E-state index in [1.807, 2.05) is 42.2 Å². The fraction of sp³-hybridized carbons (Fsp3) is 0.474. The van der Waals surface area contributed by atoms with Crippen LogP contribution in [0.2, 0.25) is 0 Å². The molecular weight excluding hydrogens is 318 g/mol. The van der Waals surface area contributed by atoms with Crippen molar-refractivity contribution in [1.29, 1.82) is 0 Å². The van der Waals surface area contributed by atoms with Crippen LogP contribution in [0.3, 0.4) is 0 Å². The summed E-state index contributed by atoms with van der Waals surface area (Å²) in [6, 6.07) is 9.77. The normalized spacial score (nSPS) is 18.2. The molecule has 4 rings (SSSR count). The Morgan fingerprint density at radius 1 is 1.20 bits per heavy atom. The third-order valence-corrected chi connectivity index (χ3v) is 4.84. The molecule has 2 aromatic rings. The lowest BCUT2D eigenvalue weighted by Crippen LogP contribution is -2.43. The van der Waals surface area contributed by atoms with E-state index < -0.39 is 0 Å². The fourth-order valence-corrected chi connectivity index (χ4v) is 3.22. The third-order valence-electron chi connectivity index (χ3n) is 4.84. The molecule has 0 bridgehead atoms. The number of ether oxygens (including phenoxy) is 1. The van der Waals surface area contributed by atoms with E-state index >= 15 is 0 Å². The number of para-hydroxylation sites is 1. The van der Waals surface area contributed by atoms with Gasteiger partial charge in [-0.15, -0.1) is 0 Å². The van der Waals surface area contributed by atoms with Crippen molar-refractivity contribution < 1.29 is 14.1 Å². The molecule has 1 saturated heterocycles. The highest BCUT2D eigenvalue weighted by Gasteiger charge is 2.33. The Hall–Kier alpha value is -2.50. The minimum absolute atomic E-state index is 0.0774. The molecule has 6 nitrogen and oxygen atoms in total. The number of hydrogen-bond acceptors (Lipinski definition) is 4. The van der Waals surface area contributed by atoms with Crippen LogP contribution in [-0.4, -0.2) is 35.3 Å². The first-order valence-corrected chi connectivity index (χ1v) is 8.94. The molecule has 1 N–H and O–H groups in total. The van der Waals surface area contributed by atoms with E-state index in [-0.39, 0.29) is 12.1 Å². The summed E-state index contributed by atoms with van der Waals surface area (Å²) in [6.07, 6.45) is 4.05. The molecular formula is C19H23N3O3. The van der Waals surface area contributed by atoms with Crippen LogP contribution < -0.4 is 10.1 Å². The number of aromatic nitrogens is 1. The number of likely N-dealkylation sites (tertiary alicyclic amines) is 1. The zero-order chi connectivity index (χ0) is 17.2. The van der Waals surface area contributed by atoms with Crippen LogP contribution in [0.5, 0.6) is 5.75 Å². The fourth-order valence-electron chi connectivity index (χ4n) is 3.22. The minimum Gasteiger partial charge on any atom is -0.490 e. The Bertz CT molecular complexity index is 732. The predicted octanol–water partition coefficient (Wildman–Crippen LogP) is 3.94. The number of nitrogens with one attached hydrogen (secondary N) is 1. The van der Waals surface area contributed by atoms with Crippen LogP contribution in [0.15, 0.2) is 34.9 Å². The third kappa shape index (κ3) is 3.62. The standard InChI is InChI=1S/C19H23N3O3/c1-13-17(18(25-21-13)14-7-8-14)20-19(23)22-11-9-16(10-12-22)24-15-5-3-2-4-6-15/h2-6,14,16H,7-12H2,1H3,(H,20,23). The molecule has 1 aliphatic carbocycles. The molecule has 0 unspecified atom stereocenters. The second-order valence-electron chi connectivity index (χ2n) is 6.83. The van der Waals surface area contributed by atoms with Gasteiger partial charge in [-0.3, -0.25) is 0 Å². The van der Waals surface area contributed by atoms with E-state index in [9.17, 15) is 4.79 Å². The maximum atomic E-state index is 12.6. The zero-order valence-corrected chi connectivity index (χ0v) is 14.4. The summed E-state index contributed by atoms with van der Waals surface area (Å²) in [7, 11) is 0. The molecule has 1 aromatic carbocycles. The second-order valence-corrected chi connectivity index (χ2v) is 6.83. The molecule has 2 heterocycles. The number of carbonyl (C=O) groups is 1. The van der Waals surface area contributed by atoms with E-state index in [1.165, 1.54) is 0 Å². The lowest BCUT2D eigenvalue weighted by atomic mass is 10.1. The first-order chi connectivity index (χ1) is 12.2. The van der Waals surface area contributed by atoms with Crippen LogP contribution >= 0.6 is 0 Å². The van der Waals surface area contributed by atoms with Gasteiger partial charge in [0.25, 0.3) is 0 Å². The van der Waals surface area contributed by atoms with Crippen LogP contribution in [0.4, 0.5) is 10.5 Å². The number of amides is 2. The van der Waals surface area contributed by atoms with Crippen LogP contribution in [-0.2, 0) is 0 Å². The highest BCUT2D eigenvalue weighted by atomic mass is 16.5. The van der Waals surface area contributed by atoms with E-state index in [4.69, 9.17) is 9.26 Å². The summed E-state index contributed by atoms with van der Waals surface area (Å²) in [4.78, 5) is 14.4. The number of benzene rings is 1. The Kier molecular flexibility index (Phi) is 4.34. The molecule has 2 aliphatic rings. The summed E-state index contributed by atoms with van der Waals surface area (Å²) in [5.41, 5.74) is 1.51. The number of aryl methyl sites for hydroxylation is 1. The van der Waals surface area contributed by atoms with Crippen LogP contribution in [0.1, 0.15) is 43.1 Å². The van der Waals surface area contributed by atoms with Gasteiger partial charge in [0.2, 0.25) is 0 Å².